The lowest BCUT2D eigenvalue weighted by Gasteiger charge is -2.19. The van der Waals surface area contributed by atoms with Gasteiger partial charge in [-0.2, -0.15) is 30.7 Å². The fraction of sp³-hybridized carbons (Fsp3) is 0.455. The van der Waals surface area contributed by atoms with Gasteiger partial charge in [-0.1, -0.05) is 12.1 Å². The monoisotopic (exact) mass is 341 g/mol. The first kappa shape index (κ1) is 19.8. The smallest absolute Gasteiger partial charge is 0.428 e. The molecule has 2 nitrogen and oxygen atoms in total. The molecular formula is C11H11ClF7NO. The van der Waals surface area contributed by atoms with E-state index in [1.165, 1.54) is 0 Å². The summed E-state index contributed by atoms with van der Waals surface area (Å²) in [5.74, 6) is -0.689. The Kier molecular flexibility index (Phi) is 6.75. The van der Waals surface area contributed by atoms with Crippen LogP contribution in [0.25, 0.3) is 0 Å². The molecule has 0 aliphatic rings. The molecule has 10 heteroatoms. The SMILES string of the molecule is Cl.N[C@@H](CC(F)(F)F)c1cccc(OC(F)(F)C(F)F)c1. The van der Waals surface area contributed by atoms with Gasteiger partial charge in [-0.15, -0.1) is 12.4 Å². The van der Waals surface area contributed by atoms with E-state index in [-0.39, 0.29) is 18.0 Å². The first-order valence-corrected chi connectivity index (χ1v) is 5.28. The summed E-state index contributed by atoms with van der Waals surface area (Å²) in [4.78, 5) is 0. The molecule has 1 aromatic rings. The van der Waals surface area contributed by atoms with E-state index < -0.39 is 36.9 Å². The number of ether oxygens (including phenoxy) is 1. The Labute approximate surface area is 121 Å². The first-order valence-electron chi connectivity index (χ1n) is 5.28. The fourth-order valence-electron chi connectivity index (χ4n) is 1.38. The molecule has 122 valence electrons. The van der Waals surface area contributed by atoms with Gasteiger partial charge in [0.15, 0.2) is 0 Å². The number of nitrogens with two attached hydrogens (primary N) is 1. The highest BCUT2D eigenvalue weighted by molar-refractivity contribution is 5.85. The molecule has 0 spiro atoms. The zero-order valence-corrected chi connectivity index (χ0v) is 11.0. The van der Waals surface area contributed by atoms with Crippen molar-refractivity contribution in [2.24, 2.45) is 5.73 Å². The number of alkyl halides is 7. The van der Waals surface area contributed by atoms with Gasteiger partial charge >= 0.3 is 18.7 Å². The van der Waals surface area contributed by atoms with Crippen molar-refractivity contribution in [1.29, 1.82) is 0 Å². The van der Waals surface area contributed by atoms with Crippen LogP contribution in [0.15, 0.2) is 24.3 Å². The van der Waals surface area contributed by atoms with Crippen LogP contribution in [0.5, 0.6) is 5.75 Å². The Morgan fingerprint density at radius 1 is 1.10 bits per heavy atom. The number of halogens is 8. The van der Waals surface area contributed by atoms with Crippen molar-refractivity contribution < 1.29 is 35.5 Å². The Bertz CT molecular complexity index is 452. The number of benzene rings is 1. The summed E-state index contributed by atoms with van der Waals surface area (Å²) < 4.78 is 89.3. The van der Waals surface area contributed by atoms with E-state index in [2.05, 4.69) is 4.74 Å². The number of rotatable bonds is 5. The van der Waals surface area contributed by atoms with Crippen molar-refractivity contribution in [2.75, 3.05) is 0 Å². The summed E-state index contributed by atoms with van der Waals surface area (Å²) in [6, 6.07) is 2.43. The highest BCUT2D eigenvalue weighted by Gasteiger charge is 2.44. The molecule has 1 rings (SSSR count). The van der Waals surface area contributed by atoms with Crippen molar-refractivity contribution in [3.63, 3.8) is 0 Å². The Morgan fingerprint density at radius 2 is 1.67 bits per heavy atom. The van der Waals surface area contributed by atoms with Gasteiger partial charge in [0.05, 0.1) is 6.42 Å². The molecule has 0 heterocycles. The van der Waals surface area contributed by atoms with Gasteiger partial charge in [-0.05, 0) is 17.7 Å². The lowest BCUT2D eigenvalue weighted by Crippen LogP contribution is -2.33. The van der Waals surface area contributed by atoms with Crippen molar-refractivity contribution in [2.45, 2.75) is 31.2 Å². The maximum atomic E-state index is 12.7. The summed E-state index contributed by atoms with van der Waals surface area (Å²) in [7, 11) is 0. The van der Waals surface area contributed by atoms with Crippen LogP contribution in [0, 0.1) is 0 Å². The summed E-state index contributed by atoms with van der Waals surface area (Å²) >= 11 is 0. The van der Waals surface area contributed by atoms with Gasteiger partial charge in [0.1, 0.15) is 5.75 Å². The standard InChI is InChI=1S/C11H10F7NO.ClH/c12-9(13)11(17,18)20-7-3-1-2-6(4-7)8(19)5-10(14,15)16;/h1-4,8-9H,5,19H2;1H/t8-;/m0./s1. The largest absolute Gasteiger partial charge is 0.461 e. The Morgan fingerprint density at radius 3 is 2.14 bits per heavy atom. The van der Waals surface area contributed by atoms with Crippen molar-refractivity contribution in [3.8, 4) is 5.75 Å². The van der Waals surface area contributed by atoms with Crippen LogP contribution in [-0.2, 0) is 0 Å². The van der Waals surface area contributed by atoms with Crippen LogP contribution < -0.4 is 10.5 Å². The van der Waals surface area contributed by atoms with Crippen LogP contribution in [0.2, 0.25) is 0 Å². The average Bonchev–Trinajstić information content (AvgIpc) is 2.26. The fourth-order valence-corrected chi connectivity index (χ4v) is 1.38. The van der Waals surface area contributed by atoms with E-state index in [1.54, 1.807) is 0 Å². The zero-order valence-electron chi connectivity index (χ0n) is 10.2. The topological polar surface area (TPSA) is 35.2 Å². The van der Waals surface area contributed by atoms with Crippen LogP contribution >= 0.6 is 12.4 Å². The van der Waals surface area contributed by atoms with Gasteiger partial charge < -0.3 is 10.5 Å². The molecule has 1 atom stereocenters. The minimum atomic E-state index is -4.73. The molecule has 2 N–H and O–H groups in total. The lowest BCUT2D eigenvalue weighted by atomic mass is 10.0. The van der Waals surface area contributed by atoms with Gasteiger partial charge in [0, 0.05) is 6.04 Å². The molecule has 0 radical (unpaired) electrons. The molecule has 0 unspecified atom stereocenters. The van der Waals surface area contributed by atoms with E-state index in [9.17, 15) is 30.7 Å². The van der Waals surface area contributed by atoms with Gasteiger partial charge in [-0.25, -0.2) is 0 Å². The van der Waals surface area contributed by atoms with Gasteiger partial charge in [0.2, 0.25) is 0 Å². The number of hydrogen-bond acceptors (Lipinski definition) is 2. The number of hydrogen-bond donors (Lipinski definition) is 1. The third kappa shape index (κ3) is 6.38. The summed E-state index contributed by atoms with van der Waals surface area (Å²) in [6.07, 6.45) is -14.7. The second kappa shape index (κ2) is 7.17. The highest BCUT2D eigenvalue weighted by Crippen LogP contribution is 2.31. The first-order chi connectivity index (χ1) is 9.01. The molecule has 0 amide bonds. The van der Waals surface area contributed by atoms with Gasteiger partial charge in [0.25, 0.3) is 0 Å². The molecule has 0 aliphatic heterocycles. The summed E-state index contributed by atoms with van der Waals surface area (Å²) in [5.41, 5.74) is 5.11. The molecular weight excluding hydrogens is 331 g/mol. The summed E-state index contributed by atoms with van der Waals surface area (Å²) in [6.45, 7) is 0. The highest BCUT2D eigenvalue weighted by atomic mass is 35.5. The van der Waals surface area contributed by atoms with E-state index in [4.69, 9.17) is 5.73 Å². The predicted octanol–water partition coefficient (Wildman–Crippen LogP) is 4.30. The maximum Gasteiger partial charge on any atom is 0.461 e. The second-order valence-corrected chi connectivity index (χ2v) is 3.96. The minimum Gasteiger partial charge on any atom is -0.428 e. The third-order valence-electron chi connectivity index (χ3n) is 2.25. The van der Waals surface area contributed by atoms with Crippen molar-refractivity contribution in [1.82, 2.24) is 0 Å². The van der Waals surface area contributed by atoms with E-state index in [1.807, 2.05) is 0 Å². The van der Waals surface area contributed by atoms with Crippen LogP contribution in [0.3, 0.4) is 0 Å². The maximum absolute atomic E-state index is 12.7. The summed E-state index contributed by atoms with van der Waals surface area (Å²) in [5, 5.41) is 0. The molecule has 0 aliphatic carbocycles. The molecule has 0 saturated heterocycles. The Hall–Kier alpha value is -1.22. The zero-order chi connectivity index (χ0) is 15.6. The second-order valence-electron chi connectivity index (χ2n) is 3.96. The molecule has 1 aromatic carbocycles. The van der Waals surface area contributed by atoms with Crippen LogP contribution in [0.4, 0.5) is 30.7 Å². The Balaban J connectivity index is 0.00000400. The van der Waals surface area contributed by atoms with Crippen molar-refractivity contribution >= 4 is 12.4 Å². The minimum absolute atomic E-state index is 0. The quantitative estimate of drug-likeness (QED) is 0.811. The van der Waals surface area contributed by atoms with Crippen LogP contribution in [0.1, 0.15) is 18.0 Å². The molecule has 21 heavy (non-hydrogen) atoms. The average molecular weight is 342 g/mol. The lowest BCUT2D eigenvalue weighted by molar-refractivity contribution is -0.253. The van der Waals surface area contributed by atoms with Crippen molar-refractivity contribution in [3.05, 3.63) is 29.8 Å². The van der Waals surface area contributed by atoms with Gasteiger partial charge in [-0.3, -0.25) is 0 Å². The predicted molar refractivity (Wildman–Crippen MR) is 62.9 cm³/mol. The molecule has 0 saturated carbocycles. The van der Waals surface area contributed by atoms with E-state index in [0.29, 0.717) is 0 Å². The third-order valence-corrected chi connectivity index (χ3v) is 2.25. The normalized spacial score (nSPS) is 13.8. The molecule has 0 fully saturated rings. The van der Waals surface area contributed by atoms with E-state index in [0.717, 1.165) is 24.3 Å². The van der Waals surface area contributed by atoms with Crippen LogP contribution in [-0.4, -0.2) is 18.7 Å². The van der Waals surface area contributed by atoms with E-state index >= 15 is 0 Å². The molecule has 0 bridgehead atoms. The molecule has 0 aromatic heterocycles.